The maximum absolute atomic E-state index is 15.0. The molecule has 1 aliphatic carbocycles. The Morgan fingerprint density at radius 1 is 1.02 bits per heavy atom. The number of benzene rings is 2. The lowest BCUT2D eigenvalue weighted by Crippen LogP contribution is -2.58. The number of carbonyl (C=O) groups excluding carboxylic acids is 2. The highest BCUT2D eigenvalue weighted by atomic mass is 35.5. The zero-order valence-electron chi connectivity index (χ0n) is 25.0. The Balaban J connectivity index is 1.45. The number of fused-ring (bicyclic) bond motifs is 2. The molecule has 0 fully saturated rings. The van der Waals surface area contributed by atoms with Crippen molar-refractivity contribution in [1.29, 1.82) is 0 Å². The lowest BCUT2D eigenvalue weighted by Gasteiger charge is -2.42. The van der Waals surface area contributed by atoms with Crippen LogP contribution in [0.4, 0.5) is 5.82 Å². The van der Waals surface area contributed by atoms with Crippen LogP contribution in [0.5, 0.6) is 17.2 Å². The maximum atomic E-state index is 15.0. The van der Waals surface area contributed by atoms with E-state index in [1.165, 1.54) is 31.9 Å². The Kier molecular flexibility index (Phi) is 6.34. The van der Waals surface area contributed by atoms with Gasteiger partial charge >= 0.3 is 5.69 Å². The molecule has 12 nitrogen and oxygen atoms in total. The van der Waals surface area contributed by atoms with Crippen LogP contribution in [0.1, 0.15) is 40.7 Å². The molecule has 45 heavy (non-hydrogen) atoms. The molecule has 13 heteroatoms. The van der Waals surface area contributed by atoms with Gasteiger partial charge in [0, 0.05) is 55.7 Å². The van der Waals surface area contributed by atoms with Gasteiger partial charge in [0.2, 0.25) is 17.2 Å². The number of anilines is 1. The van der Waals surface area contributed by atoms with Crippen LogP contribution >= 0.6 is 11.6 Å². The first kappa shape index (κ1) is 28.7. The van der Waals surface area contributed by atoms with Crippen molar-refractivity contribution in [2.24, 2.45) is 20.0 Å². The normalized spacial score (nSPS) is 21.6. The first-order valence-electron chi connectivity index (χ1n) is 14.2. The van der Waals surface area contributed by atoms with Crippen molar-refractivity contribution < 1.29 is 23.8 Å². The maximum Gasteiger partial charge on any atom is 0.332 e. The molecule has 4 aromatic rings. The molecule has 2 aromatic heterocycles. The molecule has 1 N–H and O–H groups in total. The largest absolute Gasteiger partial charge is 0.496 e. The first-order chi connectivity index (χ1) is 21.5. The number of halogens is 1. The van der Waals surface area contributed by atoms with Gasteiger partial charge in [0.05, 0.1) is 25.5 Å². The van der Waals surface area contributed by atoms with Gasteiger partial charge < -0.3 is 19.5 Å². The Morgan fingerprint density at radius 3 is 2.38 bits per heavy atom. The number of hydrogen-bond donors (Lipinski definition) is 1. The summed E-state index contributed by atoms with van der Waals surface area (Å²) in [5.41, 5.74) is -0.748. The van der Waals surface area contributed by atoms with Crippen LogP contribution in [-0.2, 0) is 18.9 Å². The number of methoxy groups -OCH3 is 2. The van der Waals surface area contributed by atoms with Gasteiger partial charge in [-0.15, -0.1) is 0 Å². The fourth-order valence-electron chi connectivity index (χ4n) is 6.76. The van der Waals surface area contributed by atoms with E-state index in [1.54, 1.807) is 49.2 Å². The van der Waals surface area contributed by atoms with Crippen molar-refractivity contribution >= 4 is 29.0 Å². The van der Waals surface area contributed by atoms with Crippen LogP contribution in [0.2, 0.25) is 5.02 Å². The van der Waals surface area contributed by atoms with Gasteiger partial charge in [0.1, 0.15) is 27.9 Å². The number of allylic oxidation sites excluding steroid dienone is 1. The molecule has 1 spiro atoms. The Bertz CT molecular complexity index is 2100. The topological polar surface area (TPSA) is 136 Å². The van der Waals surface area contributed by atoms with Gasteiger partial charge in [-0.05, 0) is 30.2 Å². The molecule has 3 aliphatic rings. The minimum atomic E-state index is -1.98. The van der Waals surface area contributed by atoms with Crippen molar-refractivity contribution in [2.45, 2.75) is 24.9 Å². The molecular weight excluding hydrogens is 602 g/mol. The molecule has 3 atom stereocenters. The van der Waals surface area contributed by atoms with Crippen molar-refractivity contribution in [2.75, 3.05) is 19.5 Å². The Hall–Kier alpha value is -5.10. The molecule has 7 rings (SSSR count). The van der Waals surface area contributed by atoms with E-state index in [-0.39, 0.29) is 51.2 Å². The minimum absolute atomic E-state index is 0.00437. The number of carbonyl (C=O) groups is 2. The summed E-state index contributed by atoms with van der Waals surface area (Å²) in [5, 5.41) is 7.54. The SMILES string of the molecule is COc1cc(OC)c2c(c1Cl)O[C@@]1(C(=O)C3=C(C[C@H]1C)Nc1c(c(=O)n(C)c(=O)n1C)C3c1ccc(-n3cccn3)cc1)C2=O. The number of Topliss-reactive ketones (excluding diaryl/α,β-unsaturated/α-hetero) is 2. The van der Waals surface area contributed by atoms with Crippen LogP contribution in [-0.4, -0.2) is 50.3 Å². The van der Waals surface area contributed by atoms with Gasteiger partial charge in [-0.25, -0.2) is 9.48 Å². The van der Waals surface area contributed by atoms with E-state index < -0.39 is 40.3 Å². The van der Waals surface area contributed by atoms with Crippen molar-refractivity contribution in [3.8, 4) is 22.9 Å². The molecule has 230 valence electrons. The number of ketones is 2. The molecule has 0 bridgehead atoms. The van der Waals surface area contributed by atoms with Gasteiger partial charge in [0.15, 0.2) is 5.75 Å². The average molecular weight is 630 g/mol. The van der Waals surface area contributed by atoms with E-state index in [1.807, 2.05) is 12.1 Å². The molecule has 0 saturated heterocycles. The molecule has 0 radical (unpaired) electrons. The van der Waals surface area contributed by atoms with Crippen molar-refractivity contribution in [1.82, 2.24) is 18.9 Å². The lowest BCUT2D eigenvalue weighted by molar-refractivity contribution is -0.130. The molecule has 4 heterocycles. The third-order valence-corrected chi connectivity index (χ3v) is 9.43. The standard InChI is InChI=1S/C32H28ClN5O7/c1-15-13-18-22(27(39)32(15)28(40)23-19(43-4)14-20(44-5)25(33)26(23)45-32)21(16-7-9-17(10-8-16)38-12-6-11-34-38)24-29(35-18)36(2)31(42)37(3)30(24)41/h6-12,14-15,21,35H,13H2,1-5H3/t15-,21?,32+/m1/s1. The van der Waals surface area contributed by atoms with E-state index in [0.717, 1.165) is 10.3 Å². The quantitative estimate of drug-likeness (QED) is 0.337. The predicted octanol–water partition coefficient (Wildman–Crippen LogP) is 3.37. The summed E-state index contributed by atoms with van der Waals surface area (Å²) in [7, 11) is 5.78. The van der Waals surface area contributed by atoms with Gasteiger partial charge in [-0.1, -0.05) is 30.7 Å². The highest BCUT2D eigenvalue weighted by Crippen LogP contribution is 2.56. The summed E-state index contributed by atoms with van der Waals surface area (Å²) >= 11 is 6.63. The third-order valence-electron chi connectivity index (χ3n) is 9.07. The predicted molar refractivity (Wildman–Crippen MR) is 164 cm³/mol. The van der Waals surface area contributed by atoms with E-state index in [2.05, 4.69) is 10.4 Å². The summed E-state index contributed by atoms with van der Waals surface area (Å²) in [6, 6.07) is 10.5. The number of rotatable bonds is 4. The van der Waals surface area contributed by atoms with Crippen LogP contribution in [0, 0.1) is 5.92 Å². The summed E-state index contributed by atoms with van der Waals surface area (Å²) < 4.78 is 21.3. The van der Waals surface area contributed by atoms with Crippen molar-refractivity contribution in [3.05, 3.63) is 103 Å². The molecule has 2 aliphatic heterocycles. The van der Waals surface area contributed by atoms with Gasteiger partial charge in [-0.2, -0.15) is 5.10 Å². The number of nitrogens with zero attached hydrogens (tertiary/aromatic N) is 4. The fraction of sp³-hybridized carbons (Fsp3) is 0.281. The summed E-state index contributed by atoms with van der Waals surface area (Å²) in [6.07, 6.45) is 3.65. The highest BCUT2D eigenvalue weighted by Gasteiger charge is 2.63. The Labute approximate surface area is 261 Å². The second kappa shape index (κ2) is 9.96. The van der Waals surface area contributed by atoms with Gasteiger partial charge in [0.25, 0.3) is 5.56 Å². The van der Waals surface area contributed by atoms with E-state index in [9.17, 15) is 19.2 Å². The Morgan fingerprint density at radius 2 is 1.73 bits per heavy atom. The number of nitrogens with one attached hydrogen (secondary N) is 1. The molecular formula is C32H28ClN5O7. The zero-order chi connectivity index (χ0) is 31.9. The lowest BCUT2D eigenvalue weighted by atomic mass is 9.66. The summed E-state index contributed by atoms with van der Waals surface area (Å²) in [4.78, 5) is 56.2. The fourth-order valence-corrected chi connectivity index (χ4v) is 7.03. The highest BCUT2D eigenvalue weighted by molar-refractivity contribution is 6.36. The van der Waals surface area contributed by atoms with E-state index in [0.29, 0.717) is 11.3 Å². The minimum Gasteiger partial charge on any atom is -0.496 e. The second-order valence-electron chi connectivity index (χ2n) is 11.4. The van der Waals surface area contributed by atoms with Crippen molar-refractivity contribution in [3.63, 3.8) is 0 Å². The molecule has 2 aromatic carbocycles. The van der Waals surface area contributed by atoms with Crippen LogP contribution < -0.4 is 30.8 Å². The number of aromatic nitrogens is 4. The second-order valence-corrected chi connectivity index (χ2v) is 11.7. The molecule has 0 amide bonds. The first-order valence-corrected chi connectivity index (χ1v) is 14.6. The monoisotopic (exact) mass is 629 g/mol. The molecule has 0 saturated carbocycles. The van der Waals surface area contributed by atoms with Crippen LogP contribution in [0.25, 0.3) is 5.69 Å². The smallest absolute Gasteiger partial charge is 0.332 e. The third kappa shape index (κ3) is 3.75. The van der Waals surface area contributed by atoms with Crippen LogP contribution in [0.3, 0.4) is 0 Å². The van der Waals surface area contributed by atoms with E-state index >= 15 is 0 Å². The summed E-state index contributed by atoms with van der Waals surface area (Å²) in [6.45, 7) is 1.75. The average Bonchev–Trinajstić information content (AvgIpc) is 3.69. The summed E-state index contributed by atoms with van der Waals surface area (Å²) in [5.74, 6) is -2.12. The van der Waals surface area contributed by atoms with Crippen LogP contribution in [0.15, 0.2) is 69.7 Å². The van der Waals surface area contributed by atoms with Gasteiger partial charge in [-0.3, -0.25) is 23.5 Å². The number of ether oxygens (including phenoxy) is 3. The van der Waals surface area contributed by atoms with E-state index in [4.69, 9.17) is 25.8 Å². The molecule has 1 unspecified atom stereocenters. The zero-order valence-corrected chi connectivity index (χ0v) is 25.8. The number of hydrogen-bond acceptors (Lipinski definition) is 9.